The van der Waals surface area contributed by atoms with Crippen molar-refractivity contribution < 1.29 is 4.42 Å². The van der Waals surface area contributed by atoms with Crippen LogP contribution in [0.15, 0.2) is 192 Å². The van der Waals surface area contributed by atoms with Gasteiger partial charge in [-0.25, -0.2) is 9.97 Å². The molecule has 0 atom stereocenters. The summed E-state index contributed by atoms with van der Waals surface area (Å²) in [5.74, 6) is 0.632. The first-order chi connectivity index (χ1) is 27.8. The van der Waals surface area contributed by atoms with E-state index >= 15 is 0 Å². The Kier molecular flexibility index (Phi) is 6.60. The number of fused-ring (bicyclic) bond motifs is 10. The summed E-state index contributed by atoms with van der Waals surface area (Å²) >= 11 is 0. The Hall–Kier alpha value is -7.56. The summed E-state index contributed by atoms with van der Waals surface area (Å²) in [5.41, 5.74) is 11.3. The van der Waals surface area contributed by atoms with Crippen molar-refractivity contribution in [1.29, 1.82) is 0 Å². The normalized spacial score (nSPS) is 11.9. The predicted molar refractivity (Wildman–Crippen MR) is 232 cm³/mol. The SMILES string of the molecule is c1ccc(-c2ccc(-c3nc(-n4c5ccc6ccccc6c5c5cc6ccccc6c(-c6ccc7oc8ccccc8c7c6)c54)nc4ccccc34)cc2)cc1. The molecule has 0 spiro atoms. The molecule has 0 aliphatic carbocycles. The molecular weight excluding hydrogens is 683 g/mol. The van der Waals surface area contributed by atoms with Crippen LogP contribution in [0.1, 0.15) is 0 Å². The molecular formula is C52H31N3O. The fourth-order valence-electron chi connectivity index (χ4n) is 8.83. The minimum atomic E-state index is 0.632. The smallest absolute Gasteiger partial charge is 0.235 e. The Morgan fingerprint density at radius 2 is 1.04 bits per heavy atom. The third-order valence-electron chi connectivity index (χ3n) is 11.4. The van der Waals surface area contributed by atoms with Crippen molar-refractivity contribution in [1.82, 2.24) is 14.5 Å². The molecule has 0 N–H and O–H groups in total. The fraction of sp³-hybridized carbons (Fsp3) is 0. The Bertz CT molecular complexity index is 3520. The molecule has 0 aliphatic rings. The summed E-state index contributed by atoms with van der Waals surface area (Å²) in [6.45, 7) is 0. The lowest BCUT2D eigenvalue weighted by molar-refractivity contribution is 0.669. The van der Waals surface area contributed by atoms with E-state index in [2.05, 4.69) is 180 Å². The molecule has 12 aromatic rings. The summed E-state index contributed by atoms with van der Waals surface area (Å²) in [7, 11) is 0. The molecule has 4 nitrogen and oxygen atoms in total. The maximum Gasteiger partial charge on any atom is 0.235 e. The van der Waals surface area contributed by atoms with Crippen LogP contribution >= 0.6 is 0 Å². The Morgan fingerprint density at radius 3 is 1.89 bits per heavy atom. The number of furan rings is 1. The van der Waals surface area contributed by atoms with Crippen molar-refractivity contribution >= 4 is 76.2 Å². The molecule has 260 valence electrons. The first-order valence-corrected chi connectivity index (χ1v) is 19.0. The molecule has 3 heterocycles. The highest BCUT2D eigenvalue weighted by molar-refractivity contribution is 6.27. The minimum absolute atomic E-state index is 0.632. The lowest BCUT2D eigenvalue weighted by Crippen LogP contribution is -2.04. The Morgan fingerprint density at radius 1 is 0.393 bits per heavy atom. The van der Waals surface area contributed by atoms with Gasteiger partial charge in [-0.1, -0.05) is 152 Å². The third-order valence-corrected chi connectivity index (χ3v) is 11.4. The summed E-state index contributed by atoms with van der Waals surface area (Å²) in [5, 5.41) is 10.3. The zero-order valence-corrected chi connectivity index (χ0v) is 30.1. The lowest BCUT2D eigenvalue weighted by atomic mass is 9.93. The van der Waals surface area contributed by atoms with Gasteiger partial charge < -0.3 is 4.42 Å². The van der Waals surface area contributed by atoms with Crippen LogP contribution in [0.2, 0.25) is 0 Å². The van der Waals surface area contributed by atoms with E-state index in [9.17, 15) is 0 Å². The van der Waals surface area contributed by atoms with Crippen LogP contribution in [0.5, 0.6) is 0 Å². The molecule has 0 aliphatic heterocycles. The Labute approximate surface area is 321 Å². The second-order valence-corrected chi connectivity index (χ2v) is 14.5. The largest absolute Gasteiger partial charge is 0.456 e. The van der Waals surface area contributed by atoms with Crippen LogP contribution in [-0.2, 0) is 0 Å². The fourth-order valence-corrected chi connectivity index (χ4v) is 8.83. The van der Waals surface area contributed by atoms with Crippen LogP contribution in [-0.4, -0.2) is 14.5 Å². The van der Waals surface area contributed by atoms with Gasteiger partial charge in [0.25, 0.3) is 0 Å². The molecule has 3 aromatic heterocycles. The number of para-hydroxylation sites is 2. The van der Waals surface area contributed by atoms with Crippen LogP contribution in [0.3, 0.4) is 0 Å². The lowest BCUT2D eigenvalue weighted by Gasteiger charge is -2.15. The monoisotopic (exact) mass is 713 g/mol. The average molecular weight is 714 g/mol. The van der Waals surface area contributed by atoms with E-state index in [-0.39, 0.29) is 0 Å². The van der Waals surface area contributed by atoms with Crippen molar-refractivity contribution in [3.63, 3.8) is 0 Å². The van der Waals surface area contributed by atoms with Crippen molar-refractivity contribution in [3.05, 3.63) is 188 Å². The highest BCUT2D eigenvalue weighted by Crippen LogP contribution is 2.46. The van der Waals surface area contributed by atoms with Crippen molar-refractivity contribution in [2.75, 3.05) is 0 Å². The number of hydrogen-bond donors (Lipinski definition) is 0. The second kappa shape index (κ2) is 12.0. The van der Waals surface area contributed by atoms with Gasteiger partial charge in [-0.05, 0) is 74.6 Å². The van der Waals surface area contributed by atoms with Crippen LogP contribution in [0.25, 0.3) is 116 Å². The average Bonchev–Trinajstić information content (AvgIpc) is 3.81. The van der Waals surface area contributed by atoms with E-state index in [1.54, 1.807) is 0 Å². The topological polar surface area (TPSA) is 43.9 Å². The van der Waals surface area contributed by atoms with E-state index in [1.165, 1.54) is 32.7 Å². The summed E-state index contributed by atoms with van der Waals surface area (Å²) in [4.78, 5) is 10.9. The van der Waals surface area contributed by atoms with Gasteiger partial charge in [-0.3, -0.25) is 4.57 Å². The first kappa shape index (κ1) is 30.9. The molecule has 0 saturated heterocycles. The van der Waals surface area contributed by atoms with Gasteiger partial charge >= 0.3 is 0 Å². The standard InChI is InChI=1S/C52H31N3O/c1-2-12-32(13-3-1)33-22-24-35(25-23-33)50-41-19-8-10-20-44(41)53-52(54-50)55-45-28-26-34-14-4-6-16-38(34)49(45)43-30-36-15-5-7-17-39(36)48(51(43)55)37-27-29-47-42(31-37)40-18-9-11-21-46(40)56-47/h1-31H. The van der Waals surface area contributed by atoms with Crippen LogP contribution in [0.4, 0.5) is 0 Å². The zero-order valence-electron chi connectivity index (χ0n) is 30.1. The predicted octanol–water partition coefficient (Wildman–Crippen LogP) is 13.9. The van der Waals surface area contributed by atoms with Gasteiger partial charge in [0.1, 0.15) is 11.2 Å². The highest BCUT2D eigenvalue weighted by Gasteiger charge is 2.24. The number of nitrogens with zero attached hydrogens (tertiary/aromatic N) is 3. The van der Waals surface area contributed by atoms with E-state index in [4.69, 9.17) is 14.4 Å². The number of benzene rings is 9. The molecule has 0 amide bonds. The van der Waals surface area contributed by atoms with Crippen molar-refractivity contribution in [2.24, 2.45) is 0 Å². The van der Waals surface area contributed by atoms with Crippen molar-refractivity contribution in [3.8, 4) is 39.5 Å². The first-order valence-electron chi connectivity index (χ1n) is 19.0. The summed E-state index contributed by atoms with van der Waals surface area (Å²) in [6, 6.07) is 66.7. The minimum Gasteiger partial charge on any atom is -0.456 e. The molecule has 0 unspecified atom stereocenters. The molecule has 0 saturated carbocycles. The van der Waals surface area contributed by atoms with E-state index in [0.717, 1.165) is 77.0 Å². The van der Waals surface area contributed by atoms with Crippen LogP contribution in [0, 0.1) is 0 Å². The molecule has 0 fully saturated rings. The molecule has 56 heavy (non-hydrogen) atoms. The summed E-state index contributed by atoms with van der Waals surface area (Å²) < 4.78 is 8.62. The third kappa shape index (κ3) is 4.60. The van der Waals surface area contributed by atoms with E-state index in [0.29, 0.717) is 5.95 Å². The highest BCUT2D eigenvalue weighted by atomic mass is 16.3. The van der Waals surface area contributed by atoms with Crippen molar-refractivity contribution in [2.45, 2.75) is 0 Å². The van der Waals surface area contributed by atoms with Gasteiger partial charge in [0.2, 0.25) is 5.95 Å². The van der Waals surface area contributed by atoms with E-state index in [1.807, 2.05) is 12.1 Å². The quantitative estimate of drug-likeness (QED) is 0.182. The number of rotatable bonds is 4. The molecule has 0 bridgehead atoms. The van der Waals surface area contributed by atoms with Crippen LogP contribution < -0.4 is 0 Å². The van der Waals surface area contributed by atoms with Gasteiger partial charge in [-0.15, -0.1) is 0 Å². The maximum atomic E-state index is 6.31. The zero-order chi connectivity index (χ0) is 36.7. The van der Waals surface area contributed by atoms with Gasteiger partial charge in [0, 0.05) is 38.1 Å². The number of aromatic nitrogens is 3. The maximum absolute atomic E-state index is 6.31. The number of hydrogen-bond acceptors (Lipinski definition) is 3. The van der Waals surface area contributed by atoms with Gasteiger partial charge in [-0.2, -0.15) is 0 Å². The molecule has 4 heteroatoms. The second-order valence-electron chi connectivity index (χ2n) is 14.5. The summed E-state index contributed by atoms with van der Waals surface area (Å²) in [6.07, 6.45) is 0. The van der Waals surface area contributed by atoms with Gasteiger partial charge in [0.15, 0.2) is 0 Å². The molecule has 12 rings (SSSR count). The molecule has 9 aromatic carbocycles. The molecule has 0 radical (unpaired) electrons. The van der Waals surface area contributed by atoms with E-state index < -0.39 is 0 Å². The Balaban J connectivity index is 1.21. The van der Waals surface area contributed by atoms with Gasteiger partial charge in [0.05, 0.1) is 22.2 Å².